The first kappa shape index (κ1) is 19.9. The summed E-state index contributed by atoms with van der Waals surface area (Å²) >= 11 is 0. The van der Waals surface area contributed by atoms with Crippen molar-refractivity contribution in [3.05, 3.63) is 102 Å². The zero-order valence-corrected chi connectivity index (χ0v) is 17.1. The lowest BCUT2D eigenvalue weighted by atomic mass is 9.97. The second-order valence-electron chi connectivity index (χ2n) is 7.90. The molecule has 30 heavy (non-hydrogen) atoms. The minimum Gasteiger partial charge on any atom is -0.349 e. The molecule has 0 unspecified atom stereocenters. The summed E-state index contributed by atoms with van der Waals surface area (Å²) in [4.78, 5) is 27.4. The number of carbonyl (C=O) groups excluding carboxylic acids is 2. The molecule has 1 saturated heterocycles. The predicted octanol–water partition coefficient (Wildman–Crippen LogP) is 4.45. The Balaban J connectivity index is 1.48. The smallest absolute Gasteiger partial charge is 0.227 e. The molecule has 152 valence electrons. The molecule has 4 heteroatoms. The molecular formula is C26H26N2O2. The molecule has 1 fully saturated rings. The van der Waals surface area contributed by atoms with Gasteiger partial charge in [-0.2, -0.15) is 0 Å². The van der Waals surface area contributed by atoms with Crippen LogP contribution in [0.4, 0.5) is 5.69 Å². The van der Waals surface area contributed by atoms with Crippen molar-refractivity contribution in [2.75, 3.05) is 11.4 Å². The van der Waals surface area contributed by atoms with E-state index in [1.807, 2.05) is 79.7 Å². The first-order chi connectivity index (χ1) is 14.6. The van der Waals surface area contributed by atoms with Gasteiger partial charge < -0.3 is 10.2 Å². The average molecular weight is 399 g/mol. The number of hydrogen-bond donors (Lipinski definition) is 1. The Labute approximate surface area is 177 Å². The number of anilines is 1. The number of aryl methyl sites for hydroxylation is 1. The third-order valence-corrected chi connectivity index (χ3v) is 5.64. The van der Waals surface area contributed by atoms with Crippen molar-refractivity contribution in [1.29, 1.82) is 0 Å². The minimum atomic E-state index is -0.346. The maximum atomic E-state index is 13.1. The highest BCUT2D eigenvalue weighted by Gasteiger charge is 2.35. The van der Waals surface area contributed by atoms with Crippen LogP contribution in [0.3, 0.4) is 0 Å². The van der Waals surface area contributed by atoms with Crippen LogP contribution in [0.5, 0.6) is 0 Å². The van der Waals surface area contributed by atoms with E-state index in [2.05, 4.69) is 17.4 Å². The van der Waals surface area contributed by atoms with Gasteiger partial charge in [-0.1, -0.05) is 78.4 Å². The Hall–Kier alpha value is -3.40. The lowest BCUT2D eigenvalue weighted by Crippen LogP contribution is -2.36. The van der Waals surface area contributed by atoms with E-state index in [1.54, 1.807) is 4.90 Å². The molecule has 2 amide bonds. The van der Waals surface area contributed by atoms with Crippen LogP contribution < -0.4 is 10.2 Å². The Kier molecular flexibility index (Phi) is 5.94. The number of benzene rings is 3. The minimum absolute atomic E-state index is 0.00155. The topological polar surface area (TPSA) is 49.4 Å². The summed E-state index contributed by atoms with van der Waals surface area (Å²) in [6, 6.07) is 27.9. The summed E-state index contributed by atoms with van der Waals surface area (Å²) in [6.45, 7) is 2.43. The van der Waals surface area contributed by atoms with Crippen LogP contribution in [-0.4, -0.2) is 18.4 Å². The van der Waals surface area contributed by atoms with Gasteiger partial charge in [0.25, 0.3) is 0 Å². The Morgan fingerprint density at radius 3 is 2.27 bits per heavy atom. The molecule has 3 aromatic rings. The first-order valence-electron chi connectivity index (χ1n) is 10.4. The van der Waals surface area contributed by atoms with Gasteiger partial charge in [-0.25, -0.2) is 0 Å². The highest BCUT2D eigenvalue weighted by Crippen LogP contribution is 2.27. The van der Waals surface area contributed by atoms with E-state index >= 15 is 0 Å². The number of hydrogen-bond acceptors (Lipinski definition) is 2. The van der Waals surface area contributed by atoms with E-state index in [0.29, 0.717) is 13.0 Å². The molecule has 4 nitrogen and oxygen atoms in total. The maximum absolute atomic E-state index is 13.1. The zero-order chi connectivity index (χ0) is 20.9. The van der Waals surface area contributed by atoms with Crippen molar-refractivity contribution in [3.8, 4) is 0 Å². The molecule has 3 aromatic carbocycles. The largest absolute Gasteiger partial charge is 0.349 e. The van der Waals surface area contributed by atoms with Gasteiger partial charge in [0.2, 0.25) is 11.8 Å². The van der Waals surface area contributed by atoms with Gasteiger partial charge in [0.1, 0.15) is 0 Å². The number of carbonyl (C=O) groups is 2. The van der Waals surface area contributed by atoms with Crippen LogP contribution >= 0.6 is 0 Å². The number of nitrogens with zero attached hydrogens (tertiary/aromatic N) is 1. The maximum Gasteiger partial charge on any atom is 0.227 e. The lowest BCUT2D eigenvalue weighted by molar-refractivity contribution is -0.127. The third-order valence-electron chi connectivity index (χ3n) is 5.64. The fraction of sp³-hybridized carbons (Fsp3) is 0.231. The SMILES string of the molecule is Cc1ccc(N2C[C@@H](C(=O)N[C@H](Cc3ccccc3)c3ccccc3)CC2=O)cc1. The molecular weight excluding hydrogens is 372 g/mol. The van der Waals surface area contributed by atoms with E-state index in [9.17, 15) is 9.59 Å². The van der Waals surface area contributed by atoms with Crippen LogP contribution in [0.2, 0.25) is 0 Å². The Morgan fingerprint density at radius 2 is 1.60 bits per heavy atom. The summed E-state index contributed by atoms with van der Waals surface area (Å²) in [5, 5.41) is 3.21. The lowest BCUT2D eigenvalue weighted by Gasteiger charge is -2.22. The molecule has 2 atom stereocenters. The van der Waals surface area contributed by atoms with Crippen molar-refractivity contribution >= 4 is 17.5 Å². The number of amides is 2. The fourth-order valence-corrected chi connectivity index (χ4v) is 3.93. The van der Waals surface area contributed by atoms with Crippen molar-refractivity contribution in [2.45, 2.75) is 25.8 Å². The van der Waals surface area contributed by atoms with E-state index in [1.165, 1.54) is 0 Å². The summed E-state index contributed by atoms with van der Waals surface area (Å²) in [5.74, 6) is -0.415. The van der Waals surface area contributed by atoms with Gasteiger partial charge in [0.15, 0.2) is 0 Å². The molecule has 1 aliphatic heterocycles. The molecule has 1 N–H and O–H groups in total. The van der Waals surface area contributed by atoms with Gasteiger partial charge in [0.05, 0.1) is 12.0 Å². The normalized spacial score (nSPS) is 17.0. The van der Waals surface area contributed by atoms with E-state index < -0.39 is 0 Å². The van der Waals surface area contributed by atoms with Gasteiger partial charge in [-0.05, 0) is 36.6 Å². The zero-order valence-electron chi connectivity index (χ0n) is 17.1. The number of nitrogens with one attached hydrogen (secondary N) is 1. The quantitative estimate of drug-likeness (QED) is 0.667. The van der Waals surface area contributed by atoms with E-state index in [0.717, 1.165) is 22.4 Å². The second kappa shape index (κ2) is 8.95. The molecule has 0 spiro atoms. The van der Waals surface area contributed by atoms with Gasteiger partial charge >= 0.3 is 0 Å². The third kappa shape index (κ3) is 4.60. The molecule has 1 heterocycles. The standard InChI is InChI=1S/C26H26N2O2/c1-19-12-14-23(15-13-19)28-18-22(17-25(28)29)26(30)27-24(21-10-6-3-7-11-21)16-20-8-4-2-5-9-20/h2-15,22,24H,16-18H2,1H3,(H,27,30)/t22-,24+/m0/s1. The molecule has 0 saturated carbocycles. The highest BCUT2D eigenvalue weighted by molar-refractivity contribution is 6.00. The van der Waals surface area contributed by atoms with Gasteiger partial charge in [-0.15, -0.1) is 0 Å². The molecule has 0 aromatic heterocycles. The van der Waals surface area contributed by atoms with Crippen molar-refractivity contribution < 1.29 is 9.59 Å². The highest BCUT2D eigenvalue weighted by atomic mass is 16.2. The Morgan fingerprint density at radius 1 is 0.967 bits per heavy atom. The van der Waals surface area contributed by atoms with Crippen LogP contribution in [0.15, 0.2) is 84.9 Å². The molecule has 0 aliphatic carbocycles. The average Bonchev–Trinajstić information content (AvgIpc) is 3.17. The van der Waals surface area contributed by atoms with Crippen molar-refractivity contribution in [3.63, 3.8) is 0 Å². The van der Waals surface area contributed by atoms with E-state index in [4.69, 9.17) is 0 Å². The van der Waals surface area contributed by atoms with Crippen LogP contribution in [0, 0.1) is 12.8 Å². The van der Waals surface area contributed by atoms with E-state index in [-0.39, 0.29) is 30.2 Å². The summed E-state index contributed by atoms with van der Waals surface area (Å²) in [5.41, 5.74) is 4.22. The number of rotatable bonds is 6. The van der Waals surface area contributed by atoms with Crippen molar-refractivity contribution in [1.82, 2.24) is 5.32 Å². The van der Waals surface area contributed by atoms with Crippen LogP contribution in [0.25, 0.3) is 0 Å². The van der Waals surface area contributed by atoms with Gasteiger partial charge in [-0.3, -0.25) is 9.59 Å². The summed E-state index contributed by atoms with van der Waals surface area (Å²) in [6.07, 6.45) is 0.950. The van der Waals surface area contributed by atoms with Crippen LogP contribution in [-0.2, 0) is 16.0 Å². The van der Waals surface area contributed by atoms with Crippen LogP contribution in [0.1, 0.15) is 29.2 Å². The molecule has 4 rings (SSSR count). The fourth-order valence-electron chi connectivity index (χ4n) is 3.93. The Bertz CT molecular complexity index is 1000. The summed E-state index contributed by atoms with van der Waals surface area (Å²) < 4.78 is 0. The second-order valence-corrected chi connectivity index (χ2v) is 7.90. The molecule has 1 aliphatic rings. The predicted molar refractivity (Wildman–Crippen MR) is 119 cm³/mol. The summed E-state index contributed by atoms with van der Waals surface area (Å²) in [7, 11) is 0. The van der Waals surface area contributed by atoms with Gasteiger partial charge in [0, 0.05) is 18.7 Å². The monoisotopic (exact) mass is 398 g/mol. The molecule has 0 radical (unpaired) electrons. The molecule has 0 bridgehead atoms. The first-order valence-corrected chi connectivity index (χ1v) is 10.4. The van der Waals surface area contributed by atoms with Crippen molar-refractivity contribution in [2.24, 2.45) is 5.92 Å².